The first-order valence-corrected chi connectivity index (χ1v) is 9.18. The van der Waals surface area contributed by atoms with E-state index in [9.17, 15) is 14.9 Å². The van der Waals surface area contributed by atoms with Crippen molar-refractivity contribution in [1.82, 2.24) is 4.68 Å². The number of hydrogen-bond donors (Lipinski definition) is 1. The molecule has 134 valence electrons. The predicted molar refractivity (Wildman–Crippen MR) is 106 cm³/mol. The van der Waals surface area contributed by atoms with Gasteiger partial charge in [0.2, 0.25) is 0 Å². The molecule has 5 nitrogen and oxygen atoms in total. The molecule has 1 aromatic heterocycles. The standard InChI is InChI=1S/C22H19N3O2/c1-2-3-6-12-24-25-18-11-7-10-16-20(18)19(17(13-23)22(25)27)14-8-4-5-9-15(14)21(16)26/h4-5,7-11,24H,2-3,6,12H2,1H3. The van der Waals surface area contributed by atoms with E-state index in [2.05, 4.69) is 18.4 Å². The minimum absolute atomic E-state index is 0.0675. The fraction of sp³-hybridized carbons (Fsp3) is 0.227. The average molecular weight is 357 g/mol. The van der Waals surface area contributed by atoms with Gasteiger partial charge in [-0.05, 0) is 18.1 Å². The highest BCUT2D eigenvalue weighted by Crippen LogP contribution is 2.39. The molecule has 0 atom stereocenters. The SMILES string of the molecule is CCCCCNn1c(=O)c(C#N)c2c3c(cccc31)C(=O)c1ccccc1-2. The summed E-state index contributed by atoms with van der Waals surface area (Å²) in [6, 6.07) is 14.6. The molecular weight excluding hydrogens is 338 g/mol. The summed E-state index contributed by atoms with van der Waals surface area (Å²) in [5, 5.41) is 10.4. The molecule has 5 heteroatoms. The molecule has 1 heterocycles. The molecule has 4 rings (SSSR count). The quantitative estimate of drug-likeness (QED) is 0.551. The molecule has 1 aliphatic carbocycles. The fourth-order valence-electron chi connectivity index (χ4n) is 3.77. The number of carbonyl (C=O) groups excluding carboxylic acids is 1. The van der Waals surface area contributed by atoms with Crippen molar-refractivity contribution in [3.8, 4) is 17.2 Å². The third kappa shape index (κ3) is 2.53. The van der Waals surface area contributed by atoms with Crippen molar-refractivity contribution in [2.24, 2.45) is 0 Å². The Morgan fingerprint density at radius 2 is 1.74 bits per heavy atom. The van der Waals surface area contributed by atoms with E-state index in [1.165, 1.54) is 4.68 Å². The Morgan fingerprint density at radius 1 is 1.00 bits per heavy atom. The first-order chi connectivity index (χ1) is 13.2. The van der Waals surface area contributed by atoms with Gasteiger partial charge in [0, 0.05) is 28.6 Å². The molecule has 1 N–H and O–H groups in total. The zero-order valence-electron chi connectivity index (χ0n) is 15.1. The van der Waals surface area contributed by atoms with Gasteiger partial charge in [-0.15, -0.1) is 0 Å². The van der Waals surface area contributed by atoms with Crippen molar-refractivity contribution >= 4 is 16.7 Å². The number of hydrogen-bond acceptors (Lipinski definition) is 4. The van der Waals surface area contributed by atoms with Gasteiger partial charge in [0.15, 0.2) is 5.78 Å². The van der Waals surface area contributed by atoms with Crippen LogP contribution in [0.5, 0.6) is 0 Å². The maximum atomic E-state index is 13.1. The van der Waals surface area contributed by atoms with Gasteiger partial charge < -0.3 is 5.43 Å². The molecule has 3 aromatic rings. The summed E-state index contributed by atoms with van der Waals surface area (Å²) in [5.74, 6) is -0.0798. The third-order valence-corrected chi connectivity index (χ3v) is 5.05. The van der Waals surface area contributed by atoms with E-state index in [1.807, 2.05) is 12.1 Å². The predicted octanol–water partition coefficient (Wildman–Crippen LogP) is 3.82. The van der Waals surface area contributed by atoms with Crippen molar-refractivity contribution < 1.29 is 4.79 Å². The summed E-state index contributed by atoms with van der Waals surface area (Å²) >= 11 is 0. The van der Waals surface area contributed by atoms with Gasteiger partial charge in [-0.3, -0.25) is 9.59 Å². The molecule has 0 unspecified atom stereocenters. The maximum Gasteiger partial charge on any atom is 0.287 e. The number of aromatic nitrogens is 1. The molecule has 0 saturated carbocycles. The molecule has 0 bridgehead atoms. The van der Waals surface area contributed by atoms with Crippen LogP contribution >= 0.6 is 0 Å². The molecule has 0 aliphatic heterocycles. The monoisotopic (exact) mass is 357 g/mol. The number of ketones is 1. The van der Waals surface area contributed by atoms with Gasteiger partial charge in [-0.25, -0.2) is 4.68 Å². The number of rotatable bonds is 5. The molecular formula is C22H19N3O2. The first-order valence-electron chi connectivity index (χ1n) is 9.18. The van der Waals surface area contributed by atoms with E-state index in [-0.39, 0.29) is 16.9 Å². The average Bonchev–Trinajstić information content (AvgIpc) is 2.70. The van der Waals surface area contributed by atoms with E-state index in [0.717, 1.165) is 19.3 Å². The van der Waals surface area contributed by atoms with E-state index in [0.29, 0.717) is 39.7 Å². The fourth-order valence-corrected chi connectivity index (χ4v) is 3.77. The highest BCUT2D eigenvalue weighted by Gasteiger charge is 2.29. The lowest BCUT2D eigenvalue weighted by molar-refractivity contribution is 0.104. The zero-order valence-corrected chi connectivity index (χ0v) is 15.1. The van der Waals surface area contributed by atoms with Gasteiger partial charge in [0.25, 0.3) is 5.56 Å². The number of nitriles is 1. The summed E-state index contributed by atoms with van der Waals surface area (Å²) < 4.78 is 1.43. The van der Waals surface area contributed by atoms with E-state index in [4.69, 9.17) is 0 Å². The summed E-state index contributed by atoms with van der Waals surface area (Å²) in [4.78, 5) is 26.1. The highest BCUT2D eigenvalue weighted by atomic mass is 16.1. The Hall–Kier alpha value is -3.39. The normalized spacial score (nSPS) is 11.9. The van der Waals surface area contributed by atoms with Crippen LogP contribution in [0.4, 0.5) is 0 Å². The van der Waals surface area contributed by atoms with Crippen molar-refractivity contribution in [2.75, 3.05) is 12.0 Å². The number of fused-ring (bicyclic) bond motifs is 2. The molecule has 0 amide bonds. The Bertz CT molecular complexity index is 1170. The molecule has 0 fully saturated rings. The molecule has 27 heavy (non-hydrogen) atoms. The Kier molecular flexibility index (Phi) is 4.25. The van der Waals surface area contributed by atoms with Crippen molar-refractivity contribution in [3.05, 3.63) is 69.5 Å². The lowest BCUT2D eigenvalue weighted by Gasteiger charge is -2.23. The van der Waals surface area contributed by atoms with Crippen molar-refractivity contribution in [1.29, 1.82) is 5.26 Å². The third-order valence-electron chi connectivity index (χ3n) is 5.05. The topological polar surface area (TPSA) is 74.9 Å². The molecule has 0 spiro atoms. The number of pyridine rings is 1. The lowest BCUT2D eigenvalue weighted by Crippen LogP contribution is -2.33. The van der Waals surface area contributed by atoms with Crippen LogP contribution in [-0.2, 0) is 0 Å². The second kappa shape index (κ2) is 6.73. The van der Waals surface area contributed by atoms with Gasteiger partial charge in [-0.2, -0.15) is 5.26 Å². The van der Waals surface area contributed by atoms with Crippen LogP contribution in [0.25, 0.3) is 22.0 Å². The van der Waals surface area contributed by atoms with Crippen LogP contribution in [-0.4, -0.2) is 17.0 Å². The summed E-state index contributed by atoms with van der Waals surface area (Å²) in [6.45, 7) is 2.74. The Labute approximate surface area is 156 Å². The lowest BCUT2D eigenvalue weighted by atomic mass is 9.82. The second-order valence-corrected chi connectivity index (χ2v) is 6.69. The molecule has 0 radical (unpaired) electrons. The summed E-state index contributed by atoms with van der Waals surface area (Å²) in [5.41, 5.74) is 5.74. The van der Waals surface area contributed by atoms with Crippen LogP contribution < -0.4 is 11.0 Å². The number of benzene rings is 2. The smallest absolute Gasteiger partial charge is 0.287 e. The van der Waals surface area contributed by atoms with Crippen LogP contribution in [0, 0.1) is 11.3 Å². The minimum atomic E-state index is -0.377. The van der Waals surface area contributed by atoms with Crippen molar-refractivity contribution in [2.45, 2.75) is 26.2 Å². The van der Waals surface area contributed by atoms with Gasteiger partial charge in [-0.1, -0.05) is 56.2 Å². The minimum Gasteiger partial charge on any atom is -0.323 e. The van der Waals surface area contributed by atoms with E-state index in [1.54, 1.807) is 30.3 Å². The van der Waals surface area contributed by atoms with Gasteiger partial charge in [0.1, 0.15) is 11.6 Å². The molecule has 2 aromatic carbocycles. The maximum absolute atomic E-state index is 13.1. The largest absolute Gasteiger partial charge is 0.323 e. The van der Waals surface area contributed by atoms with Crippen LogP contribution in [0.15, 0.2) is 47.3 Å². The van der Waals surface area contributed by atoms with E-state index >= 15 is 0 Å². The van der Waals surface area contributed by atoms with Crippen molar-refractivity contribution in [3.63, 3.8) is 0 Å². The van der Waals surface area contributed by atoms with Crippen LogP contribution in [0.2, 0.25) is 0 Å². The molecule has 0 saturated heterocycles. The first kappa shape index (κ1) is 17.0. The summed E-state index contributed by atoms with van der Waals surface area (Å²) in [6.07, 6.45) is 3.06. The zero-order chi connectivity index (χ0) is 19.0. The number of unbranched alkanes of at least 4 members (excludes halogenated alkanes) is 2. The van der Waals surface area contributed by atoms with E-state index < -0.39 is 0 Å². The molecule has 1 aliphatic rings. The van der Waals surface area contributed by atoms with Crippen LogP contribution in [0.3, 0.4) is 0 Å². The number of nitrogens with zero attached hydrogens (tertiary/aromatic N) is 2. The highest BCUT2D eigenvalue weighted by molar-refractivity contribution is 6.26. The Balaban J connectivity index is 2.05. The number of nitrogens with one attached hydrogen (secondary N) is 1. The Morgan fingerprint density at radius 3 is 2.48 bits per heavy atom. The van der Waals surface area contributed by atoms with Gasteiger partial charge >= 0.3 is 0 Å². The number of carbonyl (C=O) groups is 1. The van der Waals surface area contributed by atoms with Gasteiger partial charge in [0.05, 0.1) is 5.52 Å². The second-order valence-electron chi connectivity index (χ2n) is 6.69. The van der Waals surface area contributed by atoms with Crippen LogP contribution in [0.1, 0.15) is 47.7 Å². The summed E-state index contributed by atoms with van der Waals surface area (Å²) in [7, 11) is 0.